The molecule has 0 bridgehead atoms. The van der Waals surface area contributed by atoms with Crippen molar-refractivity contribution in [1.82, 2.24) is 0 Å². The smallest absolute Gasteiger partial charge is 0.429 e. The Morgan fingerprint density at radius 1 is 1.36 bits per heavy atom. The Labute approximate surface area is 83.8 Å². The van der Waals surface area contributed by atoms with Crippen LogP contribution in [-0.4, -0.2) is 23.3 Å². The van der Waals surface area contributed by atoms with Crippen LogP contribution in [0.25, 0.3) is 0 Å². The third kappa shape index (κ3) is 1.84. The molecule has 1 aliphatic rings. The monoisotopic (exact) mass is 278 g/mol. The van der Waals surface area contributed by atoms with E-state index in [4.69, 9.17) is 0 Å². The first kappa shape index (κ1) is 11.3. The first-order chi connectivity index (χ1) is 6.30. The van der Waals surface area contributed by atoms with Gasteiger partial charge in [0.2, 0.25) is 11.5 Å². The lowest BCUT2D eigenvalue weighted by atomic mass is 10.3. The highest BCUT2D eigenvalue weighted by molar-refractivity contribution is 9.09. The molecule has 0 aromatic rings. The molecule has 0 saturated heterocycles. The first-order valence-electron chi connectivity index (χ1n) is 3.22. The zero-order valence-electron chi connectivity index (χ0n) is 6.40. The molecular weight excluding hydrogens is 276 g/mol. The fourth-order valence-electron chi connectivity index (χ4n) is 0.606. The van der Waals surface area contributed by atoms with Crippen molar-refractivity contribution in [2.75, 3.05) is 5.33 Å². The van der Waals surface area contributed by atoms with E-state index >= 15 is 0 Å². The molecule has 0 atom stereocenters. The van der Waals surface area contributed by atoms with E-state index in [1.807, 2.05) is 0 Å². The molecule has 0 aliphatic carbocycles. The van der Waals surface area contributed by atoms with Crippen LogP contribution in [0.2, 0.25) is 0 Å². The molecule has 1 rings (SSSR count). The molecule has 1 heterocycles. The Morgan fingerprint density at radius 3 is 2.36 bits per heavy atom. The van der Waals surface area contributed by atoms with E-state index in [0.29, 0.717) is 0 Å². The summed E-state index contributed by atoms with van der Waals surface area (Å²) < 4.78 is 56.3. The molecule has 8 heteroatoms. The summed E-state index contributed by atoms with van der Waals surface area (Å²) in [6, 6.07) is 0. The van der Waals surface area contributed by atoms with Crippen molar-refractivity contribution in [2.24, 2.45) is 0 Å². The summed E-state index contributed by atoms with van der Waals surface area (Å²) in [6.07, 6.45) is -9.43. The lowest BCUT2D eigenvalue weighted by molar-refractivity contribution is -0.420. The topological polar surface area (TPSA) is 35.5 Å². The highest BCUT2D eigenvalue weighted by atomic mass is 79.9. The van der Waals surface area contributed by atoms with Crippen LogP contribution < -0.4 is 0 Å². The van der Waals surface area contributed by atoms with E-state index < -0.39 is 23.8 Å². The van der Waals surface area contributed by atoms with E-state index in [0.717, 1.165) is 0 Å². The van der Waals surface area contributed by atoms with Crippen LogP contribution in [0, 0.1) is 0 Å². The summed E-state index contributed by atoms with van der Waals surface area (Å²) in [5.74, 6) is -1.86. The minimum atomic E-state index is -4.84. The van der Waals surface area contributed by atoms with E-state index in [2.05, 4.69) is 25.4 Å². The van der Waals surface area contributed by atoms with Crippen LogP contribution in [0.1, 0.15) is 0 Å². The van der Waals surface area contributed by atoms with Gasteiger partial charge >= 0.3 is 12.2 Å². The summed E-state index contributed by atoms with van der Waals surface area (Å²) in [5.41, 5.74) is 0. The third-order valence-electron chi connectivity index (χ3n) is 1.29. The van der Waals surface area contributed by atoms with E-state index in [1.54, 1.807) is 0 Å². The molecule has 1 aliphatic heterocycles. The minimum absolute atomic E-state index is 0.168. The zero-order valence-corrected chi connectivity index (χ0v) is 7.99. The van der Waals surface area contributed by atoms with E-state index in [-0.39, 0.29) is 11.6 Å². The molecular formula is C6H3BrF4O3. The van der Waals surface area contributed by atoms with Gasteiger partial charge in [0.25, 0.3) is 0 Å². The third-order valence-corrected chi connectivity index (χ3v) is 1.80. The highest BCUT2D eigenvalue weighted by Crippen LogP contribution is 2.41. The molecule has 0 N–H and O–H groups in total. The number of ether oxygens (including phenoxy) is 2. The second-order valence-corrected chi connectivity index (χ2v) is 2.85. The van der Waals surface area contributed by atoms with Gasteiger partial charge in [0.15, 0.2) is 0 Å². The van der Waals surface area contributed by atoms with Crippen LogP contribution in [0.3, 0.4) is 0 Å². The van der Waals surface area contributed by atoms with Gasteiger partial charge in [-0.15, -0.1) is 0 Å². The van der Waals surface area contributed by atoms with Gasteiger partial charge in [0.05, 0.1) is 5.33 Å². The van der Waals surface area contributed by atoms with E-state index in [1.165, 1.54) is 0 Å². The molecule has 0 aromatic carbocycles. The number of rotatable bonds is 2. The number of Topliss-reactive ketones (excluding diaryl/α,β-unsaturated/α-hetero) is 1. The lowest BCUT2D eigenvalue weighted by Crippen LogP contribution is -2.47. The molecule has 3 nitrogen and oxygen atoms in total. The molecule has 0 radical (unpaired) electrons. The maximum atomic E-state index is 12.4. The lowest BCUT2D eigenvalue weighted by Gasteiger charge is -2.29. The molecule has 0 unspecified atom stereocenters. The van der Waals surface area contributed by atoms with Gasteiger partial charge in [-0.2, -0.15) is 17.6 Å². The van der Waals surface area contributed by atoms with Gasteiger partial charge in [0, 0.05) is 0 Å². The van der Waals surface area contributed by atoms with Crippen molar-refractivity contribution in [1.29, 1.82) is 0 Å². The minimum Gasteiger partial charge on any atom is -0.429 e. The Kier molecular flexibility index (Phi) is 2.75. The highest BCUT2D eigenvalue weighted by Gasteiger charge is 2.65. The molecule has 0 spiro atoms. The predicted molar refractivity (Wildman–Crippen MR) is 38.9 cm³/mol. The average molecular weight is 279 g/mol. The number of ketones is 1. The van der Waals surface area contributed by atoms with Crippen LogP contribution in [0.4, 0.5) is 17.6 Å². The largest absolute Gasteiger partial charge is 0.507 e. The molecule has 0 aromatic heterocycles. The van der Waals surface area contributed by atoms with Crippen LogP contribution in [0.5, 0.6) is 0 Å². The number of carbonyl (C=O) groups excluding carboxylic acids is 1. The van der Waals surface area contributed by atoms with E-state index in [9.17, 15) is 22.4 Å². The van der Waals surface area contributed by atoms with Gasteiger partial charge < -0.3 is 9.47 Å². The molecule has 0 saturated carbocycles. The Bertz CT molecular complexity index is 289. The van der Waals surface area contributed by atoms with Crippen molar-refractivity contribution in [3.63, 3.8) is 0 Å². The van der Waals surface area contributed by atoms with Crippen LogP contribution in [0.15, 0.2) is 12.0 Å². The maximum absolute atomic E-state index is 12.4. The Hall–Kier alpha value is -0.790. The fourth-order valence-corrected chi connectivity index (χ4v) is 0.883. The zero-order chi connectivity index (χ0) is 11.0. The quantitative estimate of drug-likeness (QED) is 0.573. The summed E-state index contributed by atoms with van der Waals surface area (Å²) >= 11 is 2.66. The predicted octanol–water partition coefficient (Wildman–Crippen LogP) is 2.02. The molecule has 14 heavy (non-hydrogen) atoms. The second kappa shape index (κ2) is 3.41. The number of hydrogen-bond donors (Lipinski definition) is 0. The standard InChI is InChI=1S/C6H3BrF4O3/c7-1-3(12)4-2-13-5(8,9)6(10,11)14-4/h2H,1H2. The number of allylic oxidation sites excluding steroid dienone is 1. The molecule has 0 fully saturated rings. The van der Waals surface area contributed by atoms with Gasteiger partial charge in [-0.25, -0.2) is 0 Å². The Balaban J connectivity index is 2.90. The Morgan fingerprint density at radius 2 is 1.93 bits per heavy atom. The number of carbonyl (C=O) groups is 1. The van der Waals surface area contributed by atoms with Gasteiger partial charge in [0.1, 0.15) is 6.26 Å². The summed E-state index contributed by atoms with van der Waals surface area (Å²) in [4.78, 5) is 10.8. The number of halogens is 5. The van der Waals surface area contributed by atoms with Crippen molar-refractivity contribution in [3.8, 4) is 0 Å². The first-order valence-corrected chi connectivity index (χ1v) is 4.34. The van der Waals surface area contributed by atoms with Crippen molar-refractivity contribution in [3.05, 3.63) is 12.0 Å². The summed E-state index contributed by atoms with van der Waals surface area (Å²) in [6.45, 7) is 0. The molecule has 80 valence electrons. The average Bonchev–Trinajstić information content (AvgIpc) is 2.08. The second-order valence-electron chi connectivity index (χ2n) is 2.29. The normalized spacial score (nSPS) is 23.1. The van der Waals surface area contributed by atoms with Crippen molar-refractivity contribution in [2.45, 2.75) is 12.2 Å². The van der Waals surface area contributed by atoms with Gasteiger partial charge in [-0.3, -0.25) is 4.79 Å². The molecule has 0 amide bonds. The number of hydrogen-bond acceptors (Lipinski definition) is 3. The van der Waals surface area contributed by atoms with Crippen LogP contribution in [-0.2, 0) is 14.3 Å². The SMILES string of the molecule is O=C(CBr)C1=COC(F)(F)C(F)(F)O1. The van der Waals surface area contributed by atoms with Gasteiger partial charge in [-0.1, -0.05) is 15.9 Å². The fraction of sp³-hybridized carbons (Fsp3) is 0.500. The number of alkyl halides is 5. The van der Waals surface area contributed by atoms with Gasteiger partial charge in [-0.05, 0) is 0 Å². The van der Waals surface area contributed by atoms with Crippen molar-refractivity contribution >= 4 is 21.7 Å². The summed E-state index contributed by atoms with van der Waals surface area (Å²) in [5, 5.41) is -0.330. The van der Waals surface area contributed by atoms with Crippen molar-refractivity contribution < 1.29 is 31.8 Å². The maximum Gasteiger partial charge on any atom is 0.507 e. The summed E-state index contributed by atoms with van der Waals surface area (Å²) in [7, 11) is 0. The van der Waals surface area contributed by atoms with Crippen LogP contribution >= 0.6 is 15.9 Å².